The number of amides is 1. The monoisotopic (exact) mass is 374 g/mol. The number of hydrogen-bond donors (Lipinski definition) is 1. The Balaban J connectivity index is 1.63. The molecule has 1 amide bonds. The van der Waals surface area contributed by atoms with Crippen LogP contribution in [0.4, 0.5) is 0 Å². The molecule has 3 unspecified atom stereocenters. The average Bonchev–Trinajstić information content (AvgIpc) is 2.63. The van der Waals surface area contributed by atoms with Crippen LogP contribution in [-0.4, -0.2) is 29.0 Å². The van der Waals surface area contributed by atoms with Crippen LogP contribution in [0.2, 0.25) is 5.15 Å². The molecule has 0 bridgehead atoms. The van der Waals surface area contributed by atoms with Crippen molar-refractivity contribution >= 4 is 34.4 Å². The number of ether oxygens (including phenoxy) is 1. The summed E-state index contributed by atoms with van der Waals surface area (Å²) in [4.78, 5) is 28.9. The van der Waals surface area contributed by atoms with Crippen LogP contribution < -0.4 is 5.32 Å². The van der Waals surface area contributed by atoms with E-state index in [1.807, 2.05) is 0 Å². The summed E-state index contributed by atoms with van der Waals surface area (Å²) < 4.78 is 5.35. The van der Waals surface area contributed by atoms with Crippen molar-refractivity contribution in [2.75, 3.05) is 0 Å². The maximum absolute atomic E-state index is 12.4. The van der Waals surface area contributed by atoms with Crippen molar-refractivity contribution in [2.24, 2.45) is 5.92 Å². The number of aromatic nitrogens is 1. The van der Waals surface area contributed by atoms with Crippen molar-refractivity contribution in [1.82, 2.24) is 10.3 Å². The SMILES string of the molecule is CC(OC(=O)c1ccc2nc(Cl)ccc2c1)C(=O)NC1CCCCC1C. The number of nitrogens with zero attached hydrogens (tertiary/aromatic N) is 1. The number of rotatable bonds is 4. The van der Waals surface area contributed by atoms with Crippen LogP contribution in [-0.2, 0) is 9.53 Å². The molecule has 0 spiro atoms. The molecule has 2 aromatic rings. The van der Waals surface area contributed by atoms with Crippen LogP contribution in [0.3, 0.4) is 0 Å². The average molecular weight is 375 g/mol. The quantitative estimate of drug-likeness (QED) is 0.645. The first-order valence-corrected chi connectivity index (χ1v) is 9.39. The number of halogens is 1. The van der Waals surface area contributed by atoms with Crippen LogP contribution in [0.1, 0.15) is 49.9 Å². The summed E-state index contributed by atoms with van der Waals surface area (Å²) in [5, 5.41) is 4.21. The third kappa shape index (κ3) is 4.33. The predicted molar refractivity (Wildman–Crippen MR) is 101 cm³/mol. The maximum atomic E-state index is 12.4. The van der Waals surface area contributed by atoms with E-state index in [1.54, 1.807) is 37.3 Å². The highest BCUT2D eigenvalue weighted by Crippen LogP contribution is 2.24. The van der Waals surface area contributed by atoms with E-state index >= 15 is 0 Å². The highest BCUT2D eigenvalue weighted by atomic mass is 35.5. The van der Waals surface area contributed by atoms with E-state index in [9.17, 15) is 9.59 Å². The Morgan fingerprint density at radius 1 is 1.23 bits per heavy atom. The molecular weight excluding hydrogens is 352 g/mol. The number of carbonyl (C=O) groups excluding carboxylic acids is 2. The van der Waals surface area contributed by atoms with Gasteiger partial charge in [0.15, 0.2) is 6.10 Å². The number of benzene rings is 1. The Morgan fingerprint density at radius 3 is 2.77 bits per heavy atom. The Labute approximate surface area is 158 Å². The summed E-state index contributed by atoms with van der Waals surface area (Å²) in [5.41, 5.74) is 1.08. The number of pyridine rings is 1. The lowest BCUT2D eigenvalue weighted by atomic mass is 9.86. The van der Waals surface area contributed by atoms with Gasteiger partial charge in [0.25, 0.3) is 5.91 Å². The first-order chi connectivity index (χ1) is 12.4. The second-order valence-corrected chi connectivity index (χ2v) is 7.35. The molecular formula is C20H23ClN2O3. The molecule has 0 saturated heterocycles. The maximum Gasteiger partial charge on any atom is 0.338 e. The van der Waals surface area contributed by atoms with Gasteiger partial charge in [-0.25, -0.2) is 9.78 Å². The van der Waals surface area contributed by atoms with Crippen LogP contribution >= 0.6 is 11.6 Å². The van der Waals surface area contributed by atoms with E-state index in [-0.39, 0.29) is 11.9 Å². The van der Waals surface area contributed by atoms with Gasteiger partial charge in [0.1, 0.15) is 5.15 Å². The van der Waals surface area contributed by atoms with Gasteiger partial charge in [0.2, 0.25) is 0 Å². The molecule has 6 heteroatoms. The van der Waals surface area contributed by atoms with Crippen molar-refractivity contribution in [3.05, 3.63) is 41.0 Å². The minimum absolute atomic E-state index is 0.161. The number of carbonyl (C=O) groups is 2. The van der Waals surface area contributed by atoms with Gasteiger partial charge in [-0.1, -0.05) is 31.4 Å². The van der Waals surface area contributed by atoms with E-state index in [4.69, 9.17) is 16.3 Å². The molecule has 0 aliphatic heterocycles. The first kappa shape index (κ1) is 18.6. The van der Waals surface area contributed by atoms with Gasteiger partial charge in [0.05, 0.1) is 11.1 Å². The van der Waals surface area contributed by atoms with Gasteiger partial charge < -0.3 is 10.1 Å². The minimum atomic E-state index is -0.837. The molecule has 1 saturated carbocycles. The van der Waals surface area contributed by atoms with Crippen molar-refractivity contribution in [3.63, 3.8) is 0 Å². The molecule has 1 N–H and O–H groups in total. The standard InChI is InChI=1S/C20H23ClN2O3/c1-12-5-3-4-6-16(12)23-19(24)13(2)26-20(25)15-7-9-17-14(11-15)8-10-18(21)22-17/h7-13,16H,3-6H2,1-2H3,(H,23,24). The molecule has 3 atom stereocenters. The fourth-order valence-corrected chi connectivity index (χ4v) is 3.49. The van der Waals surface area contributed by atoms with E-state index in [0.717, 1.165) is 24.6 Å². The molecule has 1 aromatic carbocycles. The fraction of sp³-hybridized carbons (Fsp3) is 0.450. The summed E-state index contributed by atoms with van der Waals surface area (Å²) in [6, 6.07) is 8.65. The van der Waals surface area contributed by atoms with Crippen molar-refractivity contribution in [2.45, 2.75) is 51.7 Å². The highest BCUT2D eigenvalue weighted by Gasteiger charge is 2.26. The minimum Gasteiger partial charge on any atom is -0.449 e. The van der Waals surface area contributed by atoms with Crippen LogP contribution in [0.15, 0.2) is 30.3 Å². The molecule has 1 aliphatic rings. The van der Waals surface area contributed by atoms with Gasteiger partial charge in [0, 0.05) is 11.4 Å². The largest absolute Gasteiger partial charge is 0.449 e. The third-order valence-corrected chi connectivity index (χ3v) is 5.19. The van der Waals surface area contributed by atoms with Gasteiger partial charge in [-0.2, -0.15) is 0 Å². The molecule has 26 heavy (non-hydrogen) atoms. The fourth-order valence-electron chi connectivity index (χ4n) is 3.34. The van der Waals surface area contributed by atoms with Crippen molar-refractivity contribution in [3.8, 4) is 0 Å². The van der Waals surface area contributed by atoms with Crippen LogP contribution in [0.25, 0.3) is 10.9 Å². The summed E-state index contributed by atoms with van der Waals surface area (Å²) in [5.74, 6) is -0.317. The van der Waals surface area contributed by atoms with E-state index < -0.39 is 12.1 Å². The zero-order valence-electron chi connectivity index (χ0n) is 15.0. The van der Waals surface area contributed by atoms with Crippen LogP contribution in [0, 0.1) is 5.92 Å². The summed E-state index contributed by atoms with van der Waals surface area (Å²) in [6.45, 7) is 3.75. The number of esters is 1. The lowest BCUT2D eigenvalue weighted by Gasteiger charge is -2.30. The molecule has 5 nitrogen and oxygen atoms in total. The lowest BCUT2D eigenvalue weighted by Crippen LogP contribution is -2.45. The number of fused-ring (bicyclic) bond motifs is 1. The Morgan fingerprint density at radius 2 is 2.00 bits per heavy atom. The Bertz CT molecular complexity index is 824. The van der Waals surface area contributed by atoms with Gasteiger partial charge in [-0.05, 0) is 56.0 Å². The number of nitrogens with one attached hydrogen (secondary N) is 1. The summed E-state index contributed by atoms with van der Waals surface area (Å²) in [6.07, 6.45) is 3.59. The van der Waals surface area contributed by atoms with Crippen molar-refractivity contribution in [1.29, 1.82) is 0 Å². The summed E-state index contributed by atoms with van der Waals surface area (Å²) in [7, 11) is 0. The molecule has 1 aliphatic carbocycles. The topological polar surface area (TPSA) is 68.3 Å². The zero-order valence-corrected chi connectivity index (χ0v) is 15.8. The first-order valence-electron chi connectivity index (χ1n) is 9.01. The normalized spacial score (nSPS) is 21.2. The summed E-state index contributed by atoms with van der Waals surface area (Å²) >= 11 is 5.87. The molecule has 1 aromatic heterocycles. The molecule has 1 heterocycles. The lowest BCUT2D eigenvalue weighted by molar-refractivity contribution is -0.130. The smallest absolute Gasteiger partial charge is 0.338 e. The number of hydrogen-bond acceptors (Lipinski definition) is 4. The van der Waals surface area contributed by atoms with Gasteiger partial charge in [-0.3, -0.25) is 4.79 Å². The van der Waals surface area contributed by atoms with Crippen LogP contribution in [0.5, 0.6) is 0 Å². The van der Waals surface area contributed by atoms with E-state index in [1.165, 1.54) is 6.42 Å². The second-order valence-electron chi connectivity index (χ2n) is 6.97. The highest BCUT2D eigenvalue weighted by molar-refractivity contribution is 6.29. The Hall–Kier alpha value is -2.14. The molecule has 3 rings (SSSR count). The van der Waals surface area contributed by atoms with E-state index in [2.05, 4.69) is 17.2 Å². The molecule has 1 fully saturated rings. The van der Waals surface area contributed by atoms with Gasteiger partial charge >= 0.3 is 5.97 Å². The van der Waals surface area contributed by atoms with Crippen molar-refractivity contribution < 1.29 is 14.3 Å². The molecule has 138 valence electrons. The third-order valence-electron chi connectivity index (χ3n) is 4.98. The van der Waals surface area contributed by atoms with E-state index in [0.29, 0.717) is 22.2 Å². The predicted octanol–water partition coefficient (Wildman–Crippen LogP) is 4.13. The Kier molecular flexibility index (Phi) is 5.77. The zero-order chi connectivity index (χ0) is 18.7. The molecule has 0 radical (unpaired) electrons. The second kappa shape index (κ2) is 8.04. The van der Waals surface area contributed by atoms with Gasteiger partial charge in [-0.15, -0.1) is 0 Å².